The second-order valence-corrected chi connectivity index (χ2v) is 3.55. The summed E-state index contributed by atoms with van der Waals surface area (Å²) in [6.45, 7) is 0.714. The lowest BCUT2D eigenvalue weighted by Gasteiger charge is -2.13. The third-order valence-corrected chi connectivity index (χ3v) is 2.33. The highest BCUT2D eigenvalue weighted by atomic mass is 16.4. The molecule has 0 fully saturated rings. The molecule has 0 spiro atoms. The molecule has 1 N–H and O–H groups in total. The van der Waals surface area contributed by atoms with Crippen molar-refractivity contribution in [2.45, 2.75) is 6.54 Å². The Morgan fingerprint density at radius 2 is 2.06 bits per heavy atom. The van der Waals surface area contributed by atoms with Crippen molar-refractivity contribution in [1.29, 1.82) is 0 Å². The molecule has 2 aromatic rings. The molecule has 0 bridgehead atoms. The monoisotopic (exact) mass is 217 g/mol. The lowest BCUT2D eigenvalue weighted by Crippen LogP contribution is -2.10. The number of benzene rings is 1. The van der Waals surface area contributed by atoms with Crippen molar-refractivity contribution < 1.29 is 4.42 Å². The fourth-order valence-corrected chi connectivity index (χ4v) is 1.47. The van der Waals surface area contributed by atoms with Crippen LogP contribution in [0.5, 0.6) is 0 Å². The number of rotatable bonds is 4. The SMILES string of the molecule is CNCc1coc(N(C)c2ccccc2)n1. The smallest absolute Gasteiger partial charge is 0.301 e. The van der Waals surface area contributed by atoms with E-state index in [1.54, 1.807) is 6.26 Å². The molecular weight excluding hydrogens is 202 g/mol. The van der Waals surface area contributed by atoms with Crippen LogP contribution in [-0.4, -0.2) is 19.1 Å². The van der Waals surface area contributed by atoms with E-state index in [-0.39, 0.29) is 0 Å². The van der Waals surface area contributed by atoms with Crippen molar-refractivity contribution in [2.75, 3.05) is 19.0 Å². The first-order valence-electron chi connectivity index (χ1n) is 5.19. The van der Waals surface area contributed by atoms with Crippen molar-refractivity contribution in [1.82, 2.24) is 10.3 Å². The molecule has 0 radical (unpaired) electrons. The number of hydrogen-bond donors (Lipinski definition) is 1. The lowest BCUT2D eigenvalue weighted by molar-refractivity contribution is 0.559. The Kier molecular flexibility index (Phi) is 3.22. The van der Waals surface area contributed by atoms with E-state index in [0.29, 0.717) is 12.6 Å². The quantitative estimate of drug-likeness (QED) is 0.852. The van der Waals surface area contributed by atoms with Gasteiger partial charge in [0.05, 0.1) is 5.69 Å². The largest absolute Gasteiger partial charge is 0.431 e. The Morgan fingerprint density at radius 3 is 2.75 bits per heavy atom. The molecule has 4 nitrogen and oxygen atoms in total. The van der Waals surface area contributed by atoms with Gasteiger partial charge in [-0.3, -0.25) is 4.90 Å². The molecule has 4 heteroatoms. The summed E-state index contributed by atoms with van der Waals surface area (Å²) in [4.78, 5) is 6.29. The number of hydrogen-bond acceptors (Lipinski definition) is 4. The summed E-state index contributed by atoms with van der Waals surface area (Å²) in [5, 5.41) is 3.03. The van der Waals surface area contributed by atoms with Crippen LogP contribution in [-0.2, 0) is 6.54 Å². The van der Waals surface area contributed by atoms with Gasteiger partial charge in [0.1, 0.15) is 6.26 Å². The summed E-state index contributed by atoms with van der Waals surface area (Å²) in [5.74, 6) is 0. The summed E-state index contributed by atoms with van der Waals surface area (Å²) < 4.78 is 5.41. The van der Waals surface area contributed by atoms with E-state index in [1.807, 2.05) is 49.3 Å². The van der Waals surface area contributed by atoms with Crippen molar-refractivity contribution >= 4 is 11.7 Å². The molecule has 0 saturated heterocycles. The van der Waals surface area contributed by atoms with E-state index >= 15 is 0 Å². The van der Waals surface area contributed by atoms with Gasteiger partial charge < -0.3 is 9.73 Å². The Hall–Kier alpha value is -1.81. The van der Waals surface area contributed by atoms with Crippen LogP contribution in [0, 0.1) is 0 Å². The van der Waals surface area contributed by atoms with Gasteiger partial charge in [-0.1, -0.05) is 18.2 Å². The van der Waals surface area contributed by atoms with Crippen LogP contribution in [0.25, 0.3) is 0 Å². The average molecular weight is 217 g/mol. The fraction of sp³-hybridized carbons (Fsp3) is 0.250. The van der Waals surface area contributed by atoms with Gasteiger partial charge >= 0.3 is 6.01 Å². The molecule has 1 heterocycles. The van der Waals surface area contributed by atoms with E-state index in [4.69, 9.17) is 4.42 Å². The Bertz CT molecular complexity index is 439. The lowest BCUT2D eigenvalue weighted by atomic mass is 10.3. The van der Waals surface area contributed by atoms with Gasteiger partial charge in [-0.05, 0) is 19.2 Å². The highest BCUT2D eigenvalue weighted by molar-refractivity contribution is 5.54. The highest BCUT2D eigenvalue weighted by Gasteiger charge is 2.09. The zero-order chi connectivity index (χ0) is 11.4. The molecule has 1 aromatic carbocycles. The van der Waals surface area contributed by atoms with Crippen LogP contribution < -0.4 is 10.2 Å². The van der Waals surface area contributed by atoms with Crippen LogP contribution in [0.4, 0.5) is 11.7 Å². The highest BCUT2D eigenvalue weighted by Crippen LogP contribution is 2.21. The summed E-state index contributed by atoms with van der Waals surface area (Å²) in [7, 11) is 3.82. The van der Waals surface area contributed by atoms with E-state index in [1.165, 1.54) is 0 Å². The fourth-order valence-electron chi connectivity index (χ4n) is 1.47. The minimum atomic E-state index is 0.608. The molecule has 0 aliphatic heterocycles. The van der Waals surface area contributed by atoms with Gasteiger partial charge in [-0.2, -0.15) is 4.98 Å². The number of nitrogens with zero attached hydrogens (tertiary/aromatic N) is 2. The van der Waals surface area contributed by atoms with Crippen LogP contribution in [0.15, 0.2) is 41.0 Å². The first-order chi connectivity index (χ1) is 7.81. The second-order valence-electron chi connectivity index (χ2n) is 3.55. The normalized spacial score (nSPS) is 10.4. The molecule has 0 aliphatic rings. The van der Waals surface area contributed by atoms with Gasteiger partial charge in [0.25, 0.3) is 0 Å². The predicted molar refractivity (Wildman–Crippen MR) is 63.8 cm³/mol. The molecule has 0 aliphatic carbocycles. The van der Waals surface area contributed by atoms with E-state index < -0.39 is 0 Å². The molecular formula is C12H15N3O. The number of anilines is 2. The molecule has 0 amide bonds. The van der Waals surface area contributed by atoms with E-state index in [2.05, 4.69) is 10.3 Å². The van der Waals surface area contributed by atoms with E-state index in [9.17, 15) is 0 Å². The van der Waals surface area contributed by atoms with Crippen LogP contribution in [0.3, 0.4) is 0 Å². The van der Waals surface area contributed by atoms with Crippen molar-refractivity contribution in [3.8, 4) is 0 Å². The summed E-state index contributed by atoms with van der Waals surface area (Å²) in [6.07, 6.45) is 1.67. The molecule has 84 valence electrons. The average Bonchev–Trinajstić information content (AvgIpc) is 2.78. The predicted octanol–water partition coefficient (Wildman–Crippen LogP) is 2.16. The van der Waals surface area contributed by atoms with Crippen molar-refractivity contribution in [3.63, 3.8) is 0 Å². The third-order valence-electron chi connectivity index (χ3n) is 2.33. The zero-order valence-corrected chi connectivity index (χ0v) is 9.47. The van der Waals surface area contributed by atoms with Gasteiger partial charge in [0.2, 0.25) is 0 Å². The number of para-hydroxylation sites is 1. The first kappa shape index (κ1) is 10.7. The van der Waals surface area contributed by atoms with Gasteiger partial charge in [0.15, 0.2) is 0 Å². The van der Waals surface area contributed by atoms with Crippen LogP contribution in [0.2, 0.25) is 0 Å². The molecule has 0 saturated carbocycles. The van der Waals surface area contributed by atoms with Gasteiger partial charge in [-0.25, -0.2) is 0 Å². The van der Waals surface area contributed by atoms with Gasteiger partial charge in [0, 0.05) is 19.3 Å². The summed E-state index contributed by atoms with van der Waals surface area (Å²) in [5.41, 5.74) is 1.96. The Morgan fingerprint density at radius 1 is 1.31 bits per heavy atom. The molecule has 0 unspecified atom stereocenters. The first-order valence-corrected chi connectivity index (χ1v) is 5.19. The molecule has 2 rings (SSSR count). The van der Waals surface area contributed by atoms with Crippen molar-refractivity contribution in [2.24, 2.45) is 0 Å². The Balaban J connectivity index is 2.17. The topological polar surface area (TPSA) is 41.3 Å². The number of oxazole rings is 1. The maximum absolute atomic E-state index is 5.41. The standard InChI is InChI=1S/C12H15N3O/c1-13-8-10-9-16-12(14-10)15(2)11-6-4-3-5-7-11/h3-7,9,13H,8H2,1-2H3. The summed E-state index contributed by atoms with van der Waals surface area (Å²) >= 11 is 0. The van der Waals surface area contributed by atoms with E-state index in [0.717, 1.165) is 11.4 Å². The van der Waals surface area contributed by atoms with Crippen LogP contribution >= 0.6 is 0 Å². The molecule has 16 heavy (non-hydrogen) atoms. The minimum Gasteiger partial charge on any atom is -0.431 e. The maximum atomic E-state index is 5.41. The van der Waals surface area contributed by atoms with Gasteiger partial charge in [-0.15, -0.1) is 0 Å². The zero-order valence-electron chi connectivity index (χ0n) is 9.47. The second kappa shape index (κ2) is 4.81. The number of nitrogens with one attached hydrogen (secondary N) is 1. The Labute approximate surface area is 94.9 Å². The minimum absolute atomic E-state index is 0.608. The number of aromatic nitrogens is 1. The van der Waals surface area contributed by atoms with Crippen LogP contribution in [0.1, 0.15) is 5.69 Å². The molecule has 0 atom stereocenters. The summed E-state index contributed by atoms with van der Waals surface area (Å²) in [6, 6.07) is 10.6. The maximum Gasteiger partial charge on any atom is 0.301 e. The third kappa shape index (κ3) is 2.23. The van der Waals surface area contributed by atoms with Crippen molar-refractivity contribution in [3.05, 3.63) is 42.3 Å². The molecule has 1 aromatic heterocycles.